The Morgan fingerprint density at radius 3 is 2.55 bits per heavy atom. The van der Waals surface area contributed by atoms with E-state index in [1.165, 1.54) is 0 Å². The highest BCUT2D eigenvalue weighted by molar-refractivity contribution is 7.10. The molecule has 2 aromatic rings. The molecule has 0 fully saturated rings. The van der Waals surface area contributed by atoms with Gasteiger partial charge in [0.15, 0.2) is 0 Å². The molecule has 2 nitrogen and oxygen atoms in total. The number of hydrogen-bond acceptors (Lipinski definition) is 2. The van der Waals surface area contributed by atoms with Crippen LogP contribution in [0.15, 0.2) is 35.7 Å². The fourth-order valence-corrected chi connectivity index (χ4v) is 3.27. The molecule has 0 bridgehead atoms. The number of carbonyl (C=O) groups is 1. The number of amides is 1. The van der Waals surface area contributed by atoms with Crippen LogP contribution >= 0.6 is 34.5 Å². The summed E-state index contributed by atoms with van der Waals surface area (Å²) < 4.78 is 0. The quantitative estimate of drug-likeness (QED) is 0.823. The zero-order valence-corrected chi connectivity index (χ0v) is 13.5. The summed E-state index contributed by atoms with van der Waals surface area (Å²) in [5, 5.41) is 5.71. The van der Waals surface area contributed by atoms with Gasteiger partial charge >= 0.3 is 0 Å². The lowest BCUT2D eigenvalue weighted by Crippen LogP contribution is -2.31. The zero-order chi connectivity index (χ0) is 14.7. The summed E-state index contributed by atoms with van der Waals surface area (Å²) in [6, 6.07) is 9.04. The molecule has 0 radical (unpaired) electrons. The molecular weight excluding hydrogens is 313 g/mol. The van der Waals surface area contributed by atoms with Crippen molar-refractivity contribution in [2.75, 3.05) is 0 Å². The predicted octanol–water partition coefficient (Wildman–Crippen LogP) is 5.18. The van der Waals surface area contributed by atoms with Gasteiger partial charge in [0, 0.05) is 4.88 Å². The van der Waals surface area contributed by atoms with Crippen LogP contribution in [-0.4, -0.2) is 5.91 Å². The van der Waals surface area contributed by atoms with Crippen molar-refractivity contribution in [2.45, 2.75) is 19.9 Å². The topological polar surface area (TPSA) is 29.1 Å². The summed E-state index contributed by atoms with van der Waals surface area (Å²) in [5.41, 5.74) is 0.404. The van der Waals surface area contributed by atoms with E-state index in [4.69, 9.17) is 23.2 Å². The third kappa shape index (κ3) is 3.35. The molecule has 0 saturated carbocycles. The van der Waals surface area contributed by atoms with Crippen molar-refractivity contribution in [3.05, 3.63) is 56.2 Å². The maximum atomic E-state index is 12.4. The molecule has 106 valence electrons. The van der Waals surface area contributed by atoms with Gasteiger partial charge in [0.25, 0.3) is 5.91 Å². The van der Waals surface area contributed by atoms with Crippen LogP contribution in [0.2, 0.25) is 10.0 Å². The van der Waals surface area contributed by atoms with Gasteiger partial charge in [-0.3, -0.25) is 4.79 Å². The lowest BCUT2D eigenvalue weighted by Gasteiger charge is -2.21. The molecule has 1 atom stereocenters. The Labute approximate surface area is 132 Å². The minimum absolute atomic E-state index is 0.0300. The monoisotopic (exact) mass is 327 g/mol. The molecule has 1 aromatic heterocycles. The van der Waals surface area contributed by atoms with Crippen LogP contribution in [0.5, 0.6) is 0 Å². The van der Waals surface area contributed by atoms with Crippen LogP contribution < -0.4 is 5.32 Å². The van der Waals surface area contributed by atoms with Gasteiger partial charge in [0.2, 0.25) is 0 Å². The van der Waals surface area contributed by atoms with Gasteiger partial charge in [0.05, 0.1) is 21.7 Å². The molecule has 1 heterocycles. The molecular formula is C15H15Cl2NOS. The first-order valence-electron chi connectivity index (χ1n) is 6.29. The van der Waals surface area contributed by atoms with E-state index in [2.05, 4.69) is 19.2 Å². The van der Waals surface area contributed by atoms with Crippen molar-refractivity contribution in [2.24, 2.45) is 5.92 Å². The van der Waals surface area contributed by atoms with Crippen molar-refractivity contribution < 1.29 is 4.79 Å². The van der Waals surface area contributed by atoms with Crippen molar-refractivity contribution in [3.8, 4) is 0 Å². The van der Waals surface area contributed by atoms with Crippen LogP contribution in [0.25, 0.3) is 0 Å². The Morgan fingerprint density at radius 2 is 1.95 bits per heavy atom. The highest BCUT2D eigenvalue weighted by Crippen LogP contribution is 2.29. The number of hydrogen-bond donors (Lipinski definition) is 1. The molecule has 1 amide bonds. The van der Waals surface area contributed by atoms with Gasteiger partial charge in [-0.25, -0.2) is 0 Å². The van der Waals surface area contributed by atoms with E-state index < -0.39 is 0 Å². The van der Waals surface area contributed by atoms with E-state index in [1.54, 1.807) is 29.5 Å². The second-order valence-electron chi connectivity index (χ2n) is 4.81. The standard InChI is InChI=1S/C15H15Cl2NOS/c1-9(2)14(12-7-4-8-20-12)18-15(19)10-5-3-6-11(16)13(10)17/h3-9,14H,1-2H3,(H,18,19)/t14-/m0/s1. The fourth-order valence-electron chi connectivity index (χ4n) is 1.93. The normalized spacial score (nSPS) is 12.4. The Bertz CT molecular complexity index is 596. The minimum Gasteiger partial charge on any atom is -0.344 e. The van der Waals surface area contributed by atoms with E-state index in [1.807, 2.05) is 17.5 Å². The highest BCUT2D eigenvalue weighted by atomic mass is 35.5. The fraction of sp³-hybridized carbons (Fsp3) is 0.267. The van der Waals surface area contributed by atoms with Crippen molar-refractivity contribution in [1.82, 2.24) is 5.32 Å². The third-order valence-corrected chi connectivity index (χ3v) is 4.77. The molecule has 5 heteroatoms. The lowest BCUT2D eigenvalue weighted by molar-refractivity contribution is 0.0926. The van der Waals surface area contributed by atoms with E-state index in [9.17, 15) is 4.79 Å². The number of nitrogens with one attached hydrogen (secondary N) is 1. The van der Waals surface area contributed by atoms with E-state index in [0.29, 0.717) is 15.6 Å². The van der Waals surface area contributed by atoms with Crippen molar-refractivity contribution >= 4 is 40.4 Å². The molecule has 0 aliphatic rings. The van der Waals surface area contributed by atoms with Crippen LogP contribution in [0.1, 0.15) is 35.1 Å². The summed E-state index contributed by atoms with van der Waals surface area (Å²) in [5.74, 6) is 0.0835. The first kappa shape index (κ1) is 15.4. The van der Waals surface area contributed by atoms with E-state index in [0.717, 1.165) is 4.88 Å². The molecule has 0 spiro atoms. The number of thiophene rings is 1. The van der Waals surface area contributed by atoms with Gasteiger partial charge in [-0.2, -0.15) is 0 Å². The smallest absolute Gasteiger partial charge is 0.253 e. The summed E-state index contributed by atoms with van der Waals surface area (Å²) in [4.78, 5) is 13.5. The molecule has 0 aliphatic carbocycles. The van der Waals surface area contributed by atoms with Crippen LogP contribution in [0, 0.1) is 5.92 Å². The maximum absolute atomic E-state index is 12.4. The lowest BCUT2D eigenvalue weighted by atomic mass is 10.0. The molecule has 1 N–H and O–H groups in total. The Balaban J connectivity index is 2.23. The van der Waals surface area contributed by atoms with Gasteiger partial charge in [-0.05, 0) is 29.5 Å². The molecule has 0 saturated heterocycles. The largest absolute Gasteiger partial charge is 0.344 e. The second kappa shape index (κ2) is 6.61. The van der Waals surface area contributed by atoms with Gasteiger partial charge in [-0.15, -0.1) is 11.3 Å². The molecule has 20 heavy (non-hydrogen) atoms. The SMILES string of the molecule is CC(C)[C@H](NC(=O)c1cccc(Cl)c1Cl)c1cccs1. The first-order valence-corrected chi connectivity index (χ1v) is 7.92. The molecule has 2 rings (SSSR count). The van der Waals surface area contributed by atoms with Gasteiger partial charge in [-0.1, -0.05) is 49.2 Å². The van der Waals surface area contributed by atoms with Gasteiger partial charge < -0.3 is 5.32 Å². The maximum Gasteiger partial charge on any atom is 0.253 e. The van der Waals surface area contributed by atoms with Crippen LogP contribution in [0.4, 0.5) is 0 Å². The highest BCUT2D eigenvalue weighted by Gasteiger charge is 2.21. The average molecular weight is 328 g/mol. The minimum atomic E-state index is -0.204. The molecule has 0 unspecified atom stereocenters. The molecule has 0 aliphatic heterocycles. The summed E-state index contributed by atoms with van der Waals surface area (Å²) in [7, 11) is 0. The summed E-state index contributed by atoms with van der Waals surface area (Å²) in [6.45, 7) is 4.15. The Kier molecular flexibility index (Phi) is 5.08. The zero-order valence-electron chi connectivity index (χ0n) is 11.2. The number of carbonyl (C=O) groups excluding carboxylic acids is 1. The second-order valence-corrected chi connectivity index (χ2v) is 6.58. The van der Waals surface area contributed by atoms with Crippen LogP contribution in [0.3, 0.4) is 0 Å². The predicted molar refractivity (Wildman–Crippen MR) is 85.8 cm³/mol. The van der Waals surface area contributed by atoms with Crippen LogP contribution in [-0.2, 0) is 0 Å². The van der Waals surface area contributed by atoms with Crippen molar-refractivity contribution in [3.63, 3.8) is 0 Å². The number of benzene rings is 1. The Morgan fingerprint density at radius 1 is 1.20 bits per heavy atom. The first-order chi connectivity index (χ1) is 9.50. The summed E-state index contributed by atoms with van der Waals surface area (Å²) >= 11 is 13.7. The summed E-state index contributed by atoms with van der Waals surface area (Å²) in [6.07, 6.45) is 0. The average Bonchev–Trinajstić information content (AvgIpc) is 2.92. The third-order valence-electron chi connectivity index (χ3n) is 3.00. The van der Waals surface area contributed by atoms with E-state index in [-0.39, 0.29) is 17.9 Å². The van der Waals surface area contributed by atoms with Crippen molar-refractivity contribution in [1.29, 1.82) is 0 Å². The Hall–Kier alpha value is -1.03. The number of rotatable bonds is 4. The molecule has 1 aromatic carbocycles. The van der Waals surface area contributed by atoms with E-state index >= 15 is 0 Å². The number of halogens is 2. The van der Waals surface area contributed by atoms with Gasteiger partial charge in [0.1, 0.15) is 0 Å².